The Morgan fingerprint density at radius 2 is 1.43 bits per heavy atom. The average Bonchev–Trinajstić information content (AvgIpc) is 3.63. The van der Waals surface area contributed by atoms with E-state index in [4.69, 9.17) is 0 Å². The van der Waals surface area contributed by atoms with Crippen molar-refractivity contribution in [2.24, 2.45) is 18.9 Å². The van der Waals surface area contributed by atoms with Gasteiger partial charge in [-0.3, -0.25) is 43.3 Å². The van der Waals surface area contributed by atoms with E-state index >= 15 is 0 Å². The van der Waals surface area contributed by atoms with Gasteiger partial charge in [0.1, 0.15) is 11.9 Å². The number of nitrogens with one attached hydrogen (secondary N) is 2. The van der Waals surface area contributed by atoms with Gasteiger partial charge in [-0.2, -0.15) is 0 Å². The molecule has 366 valence electrons. The van der Waals surface area contributed by atoms with Crippen molar-refractivity contribution >= 4 is 51.3 Å². The summed E-state index contributed by atoms with van der Waals surface area (Å²) in [6.07, 6.45) is 7.53. The number of carbonyl (C=O) groups is 5. The minimum absolute atomic E-state index is 0.0300. The van der Waals surface area contributed by atoms with E-state index in [0.717, 1.165) is 79.2 Å². The van der Waals surface area contributed by atoms with Crippen LogP contribution in [0.15, 0.2) is 83.7 Å². The summed E-state index contributed by atoms with van der Waals surface area (Å²) in [5, 5.41) is 7.68. The Morgan fingerprint density at radius 3 is 2.13 bits per heavy atom. The monoisotopic (exact) mass is 949 g/mol. The topological polar surface area (TPSA) is 146 Å². The standard InChI is InChI=1S/C56H64FN7O6/c1-37(61-30-26-42(27-31-61)54(68)58-36-39-8-5-10-44(57)34-39)45-11-7-12-46-41(9-6-13-47(45)46)17-16-38-22-28-62(29-23-38)52(66)14-3-4-15-53(67)63-32-24-40(25-33-63)43-18-19-48-50(35-43)60(2)56(70)64(48)49-20-21-51(65)59-55(49)69/h5-13,18-19,34-35,37-38,40,42,49H,3-4,14-15,20-33,36H2,1-2H3,(H,58,68)(H,59,65,69). The van der Waals surface area contributed by atoms with Crippen molar-refractivity contribution in [1.82, 2.24) is 34.5 Å². The number of piperidine rings is 4. The van der Waals surface area contributed by atoms with Crippen LogP contribution in [0.25, 0.3) is 21.8 Å². The lowest BCUT2D eigenvalue weighted by Gasteiger charge is -2.36. The maximum atomic E-state index is 13.6. The maximum Gasteiger partial charge on any atom is 0.329 e. The first-order chi connectivity index (χ1) is 33.9. The van der Waals surface area contributed by atoms with Gasteiger partial charge in [-0.15, -0.1) is 0 Å². The van der Waals surface area contributed by atoms with E-state index in [0.29, 0.717) is 70.3 Å². The molecule has 4 aliphatic heterocycles. The fourth-order valence-electron chi connectivity index (χ4n) is 11.2. The van der Waals surface area contributed by atoms with Crippen LogP contribution in [0.4, 0.5) is 4.39 Å². The normalized spacial score (nSPS) is 19.2. The number of hydrogen-bond acceptors (Lipinski definition) is 7. The first-order valence-electron chi connectivity index (χ1n) is 25.3. The number of halogens is 1. The Balaban J connectivity index is 0.692. The van der Waals surface area contributed by atoms with Gasteiger partial charge in [-0.05, 0) is 142 Å². The lowest BCUT2D eigenvalue weighted by atomic mass is 9.89. The number of aryl methyl sites for hydroxylation is 1. The summed E-state index contributed by atoms with van der Waals surface area (Å²) in [6.45, 7) is 6.88. The molecule has 13 nitrogen and oxygen atoms in total. The fraction of sp³-hybridized carbons (Fsp3) is 0.464. The molecule has 4 aromatic carbocycles. The summed E-state index contributed by atoms with van der Waals surface area (Å²) in [5.41, 5.74) is 5.24. The highest BCUT2D eigenvalue weighted by atomic mass is 19.1. The summed E-state index contributed by atoms with van der Waals surface area (Å²) in [5.74, 6) is 6.67. The van der Waals surface area contributed by atoms with Gasteiger partial charge < -0.3 is 15.1 Å². The van der Waals surface area contributed by atoms with Crippen molar-refractivity contribution in [2.75, 3.05) is 39.3 Å². The minimum Gasteiger partial charge on any atom is -0.352 e. The van der Waals surface area contributed by atoms with Gasteiger partial charge in [0.25, 0.3) is 0 Å². The number of likely N-dealkylation sites (tertiary alicyclic amines) is 3. The van der Waals surface area contributed by atoms with Crippen molar-refractivity contribution in [3.8, 4) is 11.8 Å². The Labute approximate surface area is 408 Å². The maximum absolute atomic E-state index is 13.6. The molecular weight excluding hydrogens is 886 g/mol. The number of unbranched alkanes of at least 4 members (excludes halogenated alkanes) is 1. The van der Waals surface area contributed by atoms with E-state index in [1.54, 1.807) is 17.7 Å². The summed E-state index contributed by atoms with van der Waals surface area (Å²) >= 11 is 0. The van der Waals surface area contributed by atoms with Crippen LogP contribution in [-0.2, 0) is 37.6 Å². The second-order valence-electron chi connectivity index (χ2n) is 19.8. The Morgan fingerprint density at radius 1 is 0.757 bits per heavy atom. The Kier molecular flexibility index (Phi) is 14.9. The molecule has 5 amide bonds. The molecule has 0 radical (unpaired) electrons. The molecule has 4 aliphatic rings. The van der Waals surface area contributed by atoms with Crippen molar-refractivity contribution in [1.29, 1.82) is 0 Å². The molecule has 2 unspecified atom stereocenters. The molecule has 70 heavy (non-hydrogen) atoms. The molecule has 2 N–H and O–H groups in total. The van der Waals surface area contributed by atoms with E-state index in [1.807, 2.05) is 34.1 Å². The van der Waals surface area contributed by atoms with Gasteiger partial charge in [0, 0.05) is 82.5 Å². The predicted octanol–water partition coefficient (Wildman–Crippen LogP) is 7.26. The van der Waals surface area contributed by atoms with E-state index in [-0.39, 0.29) is 65.4 Å². The predicted molar refractivity (Wildman–Crippen MR) is 267 cm³/mol. The van der Waals surface area contributed by atoms with Crippen LogP contribution >= 0.6 is 0 Å². The van der Waals surface area contributed by atoms with Gasteiger partial charge in [0.15, 0.2) is 0 Å². The molecule has 0 bridgehead atoms. The third-order valence-electron chi connectivity index (χ3n) is 15.5. The Bertz CT molecular complexity index is 2910. The first kappa shape index (κ1) is 48.4. The summed E-state index contributed by atoms with van der Waals surface area (Å²) in [4.78, 5) is 83.3. The SMILES string of the molecule is CC(c1cccc2c(C#CC3CCN(C(=O)CCCCC(=O)N4CCC(c5ccc6c(c5)n(C)c(=O)n6C5CCC(=O)NC5=O)CC4)CC3)cccc12)N1CCC(C(=O)NCc2cccc(F)c2)CC1. The van der Waals surface area contributed by atoms with Crippen molar-refractivity contribution in [2.45, 2.75) is 109 Å². The highest BCUT2D eigenvalue weighted by Gasteiger charge is 2.33. The number of benzene rings is 4. The van der Waals surface area contributed by atoms with Crippen LogP contribution in [0.3, 0.4) is 0 Å². The van der Waals surface area contributed by atoms with E-state index in [1.165, 1.54) is 27.6 Å². The van der Waals surface area contributed by atoms with Crippen LogP contribution in [0, 0.1) is 29.5 Å². The third kappa shape index (κ3) is 10.7. The molecule has 5 aromatic rings. The molecule has 0 saturated carbocycles. The molecule has 5 heterocycles. The molecule has 0 spiro atoms. The fourth-order valence-corrected chi connectivity index (χ4v) is 11.2. The molecule has 9 rings (SSSR count). The van der Waals surface area contributed by atoms with Crippen LogP contribution in [-0.4, -0.2) is 92.6 Å². The van der Waals surface area contributed by atoms with Crippen LogP contribution in [0.2, 0.25) is 0 Å². The smallest absolute Gasteiger partial charge is 0.329 e. The van der Waals surface area contributed by atoms with Crippen LogP contribution < -0.4 is 16.3 Å². The van der Waals surface area contributed by atoms with E-state index in [2.05, 4.69) is 70.7 Å². The number of imidazole rings is 1. The van der Waals surface area contributed by atoms with Gasteiger partial charge in [0.2, 0.25) is 29.5 Å². The number of nitrogens with zero attached hydrogens (tertiary/aromatic N) is 5. The lowest BCUT2D eigenvalue weighted by molar-refractivity contribution is -0.136. The zero-order valence-electron chi connectivity index (χ0n) is 40.4. The number of hydrogen-bond donors (Lipinski definition) is 2. The van der Waals surface area contributed by atoms with Crippen LogP contribution in [0.5, 0.6) is 0 Å². The minimum atomic E-state index is -0.722. The first-order valence-corrected chi connectivity index (χ1v) is 25.3. The number of rotatable bonds is 12. The van der Waals surface area contributed by atoms with Gasteiger partial charge in [-0.1, -0.05) is 60.4 Å². The van der Waals surface area contributed by atoms with Crippen molar-refractivity contribution < 1.29 is 28.4 Å². The van der Waals surface area contributed by atoms with E-state index < -0.39 is 11.9 Å². The molecule has 1 aromatic heterocycles. The number of imide groups is 1. The average molecular weight is 950 g/mol. The summed E-state index contributed by atoms with van der Waals surface area (Å²) in [6, 6.07) is 24.5. The second-order valence-corrected chi connectivity index (χ2v) is 19.8. The highest BCUT2D eigenvalue weighted by molar-refractivity contribution is 6.00. The van der Waals surface area contributed by atoms with E-state index in [9.17, 15) is 33.2 Å². The third-order valence-corrected chi connectivity index (χ3v) is 15.5. The zero-order valence-corrected chi connectivity index (χ0v) is 40.4. The molecule has 4 saturated heterocycles. The highest BCUT2D eigenvalue weighted by Crippen LogP contribution is 2.34. The largest absolute Gasteiger partial charge is 0.352 e. The van der Waals surface area contributed by atoms with Crippen molar-refractivity contribution in [3.05, 3.63) is 117 Å². The Hall–Kier alpha value is -6.59. The lowest BCUT2D eigenvalue weighted by Crippen LogP contribution is -2.44. The number of fused-ring (bicyclic) bond motifs is 2. The summed E-state index contributed by atoms with van der Waals surface area (Å²) in [7, 11) is 1.70. The number of aromatic nitrogens is 2. The molecule has 2 atom stereocenters. The number of amides is 5. The molecular formula is C56H64FN7O6. The molecule has 14 heteroatoms. The molecule has 4 fully saturated rings. The zero-order chi connectivity index (χ0) is 48.9. The number of carbonyl (C=O) groups excluding carboxylic acids is 5. The van der Waals surface area contributed by atoms with Gasteiger partial charge in [-0.25, -0.2) is 9.18 Å². The van der Waals surface area contributed by atoms with Crippen molar-refractivity contribution in [3.63, 3.8) is 0 Å². The van der Waals surface area contributed by atoms with Gasteiger partial charge in [0.05, 0.1) is 11.0 Å². The van der Waals surface area contributed by atoms with Gasteiger partial charge >= 0.3 is 5.69 Å². The summed E-state index contributed by atoms with van der Waals surface area (Å²) < 4.78 is 16.7. The second kappa shape index (κ2) is 21.6. The molecule has 0 aliphatic carbocycles. The quantitative estimate of drug-likeness (QED) is 0.0762. The van der Waals surface area contributed by atoms with Crippen LogP contribution in [0.1, 0.15) is 124 Å².